The molecule has 0 spiro atoms. The summed E-state index contributed by atoms with van der Waals surface area (Å²) in [6, 6.07) is 3.04. The van der Waals surface area contributed by atoms with Crippen molar-refractivity contribution in [2.45, 2.75) is 13.3 Å². The fourth-order valence-electron chi connectivity index (χ4n) is 1.66. The van der Waals surface area contributed by atoms with E-state index in [1.54, 1.807) is 0 Å². The smallest absolute Gasteiger partial charge is 0.251 e. The fraction of sp³-hybridized carbons (Fsp3) is 0.455. The molecule has 0 bridgehead atoms. The molecule has 1 heterocycles. The lowest BCUT2D eigenvalue weighted by atomic mass is 10.2. The zero-order valence-corrected chi connectivity index (χ0v) is 9.79. The van der Waals surface area contributed by atoms with Crippen LogP contribution in [0.5, 0.6) is 0 Å². The SMILES string of the molecule is CC1CC1CNC(=O)c1cc(N)nc(Cl)c1. The van der Waals surface area contributed by atoms with Crippen molar-refractivity contribution < 1.29 is 4.79 Å². The summed E-state index contributed by atoms with van der Waals surface area (Å²) in [4.78, 5) is 15.5. The van der Waals surface area contributed by atoms with Crippen LogP contribution in [0.3, 0.4) is 0 Å². The van der Waals surface area contributed by atoms with E-state index in [1.165, 1.54) is 18.6 Å². The Balaban J connectivity index is 1.97. The van der Waals surface area contributed by atoms with E-state index in [0.717, 1.165) is 12.5 Å². The topological polar surface area (TPSA) is 68.0 Å². The Labute approximate surface area is 99.2 Å². The third-order valence-corrected chi connectivity index (χ3v) is 3.07. The highest BCUT2D eigenvalue weighted by Gasteiger charge is 2.32. The summed E-state index contributed by atoms with van der Waals surface area (Å²) >= 11 is 5.72. The third kappa shape index (κ3) is 2.64. The van der Waals surface area contributed by atoms with Crippen molar-refractivity contribution in [2.75, 3.05) is 12.3 Å². The maximum atomic E-state index is 11.7. The van der Waals surface area contributed by atoms with Crippen LogP contribution in [0.1, 0.15) is 23.7 Å². The summed E-state index contributed by atoms with van der Waals surface area (Å²) < 4.78 is 0. The average Bonchev–Trinajstić information content (AvgIpc) is 2.89. The number of rotatable bonds is 3. The lowest BCUT2D eigenvalue weighted by molar-refractivity contribution is 0.0951. The van der Waals surface area contributed by atoms with Crippen LogP contribution in [0.15, 0.2) is 12.1 Å². The first-order valence-corrected chi connectivity index (χ1v) is 5.65. The van der Waals surface area contributed by atoms with Gasteiger partial charge in [0, 0.05) is 12.1 Å². The first kappa shape index (κ1) is 11.2. The predicted octanol–water partition coefficient (Wildman–Crippen LogP) is 1.70. The zero-order valence-electron chi connectivity index (χ0n) is 9.03. The summed E-state index contributed by atoms with van der Waals surface area (Å²) in [5, 5.41) is 3.11. The van der Waals surface area contributed by atoms with Crippen LogP contribution in [0, 0.1) is 11.8 Å². The molecule has 1 saturated carbocycles. The normalized spacial score (nSPS) is 22.9. The first-order chi connectivity index (χ1) is 7.56. The van der Waals surface area contributed by atoms with Crippen molar-refractivity contribution >= 4 is 23.3 Å². The summed E-state index contributed by atoms with van der Waals surface area (Å²) in [5.74, 6) is 1.47. The van der Waals surface area contributed by atoms with Gasteiger partial charge in [-0.1, -0.05) is 18.5 Å². The van der Waals surface area contributed by atoms with Gasteiger partial charge in [-0.15, -0.1) is 0 Å². The number of pyridine rings is 1. The van der Waals surface area contributed by atoms with E-state index in [0.29, 0.717) is 11.5 Å². The number of nitrogens with one attached hydrogen (secondary N) is 1. The molecule has 86 valence electrons. The predicted molar refractivity (Wildman–Crippen MR) is 63.3 cm³/mol. The number of amides is 1. The summed E-state index contributed by atoms with van der Waals surface area (Å²) in [6.07, 6.45) is 1.19. The highest BCUT2D eigenvalue weighted by molar-refractivity contribution is 6.29. The monoisotopic (exact) mass is 239 g/mol. The Hall–Kier alpha value is -1.29. The Morgan fingerprint density at radius 3 is 2.94 bits per heavy atom. The maximum absolute atomic E-state index is 11.7. The second-order valence-electron chi connectivity index (χ2n) is 4.29. The van der Waals surface area contributed by atoms with Crippen LogP contribution in [0.4, 0.5) is 5.82 Å². The molecule has 5 heteroatoms. The second kappa shape index (κ2) is 4.29. The van der Waals surface area contributed by atoms with Crippen molar-refractivity contribution in [1.29, 1.82) is 0 Å². The molecule has 1 aromatic heterocycles. The van der Waals surface area contributed by atoms with E-state index < -0.39 is 0 Å². The van der Waals surface area contributed by atoms with E-state index in [4.69, 9.17) is 17.3 Å². The van der Waals surface area contributed by atoms with Crippen LogP contribution < -0.4 is 11.1 Å². The first-order valence-electron chi connectivity index (χ1n) is 5.27. The van der Waals surface area contributed by atoms with Crippen molar-refractivity contribution in [3.63, 3.8) is 0 Å². The number of nitrogen functional groups attached to an aromatic ring is 1. The number of hydrogen-bond donors (Lipinski definition) is 2. The molecule has 4 nitrogen and oxygen atoms in total. The molecule has 1 aliphatic carbocycles. The van der Waals surface area contributed by atoms with Gasteiger partial charge in [0.15, 0.2) is 0 Å². The zero-order chi connectivity index (χ0) is 11.7. The maximum Gasteiger partial charge on any atom is 0.251 e. The molecule has 0 aliphatic heterocycles. The molecule has 1 fully saturated rings. The van der Waals surface area contributed by atoms with E-state index in [2.05, 4.69) is 17.2 Å². The van der Waals surface area contributed by atoms with Gasteiger partial charge in [0.25, 0.3) is 5.91 Å². The van der Waals surface area contributed by atoms with Gasteiger partial charge in [-0.3, -0.25) is 4.79 Å². The van der Waals surface area contributed by atoms with Crippen LogP contribution in [0.25, 0.3) is 0 Å². The molecule has 2 unspecified atom stereocenters. The molecule has 1 aliphatic rings. The average molecular weight is 240 g/mol. The van der Waals surface area contributed by atoms with E-state index in [9.17, 15) is 4.79 Å². The van der Waals surface area contributed by atoms with Crippen LogP contribution in [-0.4, -0.2) is 17.4 Å². The molecule has 3 N–H and O–H groups in total. The van der Waals surface area contributed by atoms with E-state index in [1.807, 2.05) is 0 Å². The Morgan fingerprint density at radius 2 is 2.38 bits per heavy atom. The molecule has 0 radical (unpaired) electrons. The summed E-state index contributed by atoms with van der Waals surface area (Å²) in [6.45, 7) is 2.90. The number of halogens is 1. The minimum absolute atomic E-state index is 0.143. The van der Waals surface area contributed by atoms with Gasteiger partial charge in [0.2, 0.25) is 0 Å². The van der Waals surface area contributed by atoms with Crippen molar-refractivity contribution in [3.05, 3.63) is 22.8 Å². The highest BCUT2D eigenvalue weighted by Crippen LogP contribution is 2.36. The molecule has 16 heavy (non-hydrogen) atoms. The van der Waals surface area contributed by atoms with Crippen molar-refractivity contribution in [1.82, 2.24) is 10.3 Å². The standard InChI is InChI=1S/C11H14ClN3O/c1-6-2-8(6)5-14-11(16)7-3-9(12)15-10(13)4-7/h3-4,6,8H,2,5H2,1H3,(H2,13,15)(H,14,16). The molecule has 2 atom stereocenters. The Morgan fingerprint density at radius 1 is 1.69 bits per heavy atom. The van der Waals surface area contributed by atoms with Gasteiger partial charge in [0.05, 0.1) is 0 Å². The van der Waals surface area contributed by atoms with Crippen molar-refractivity contribution in [2.24, 2.45) is 11.8 Å². The third-order valence-electron chi connectivity index (χ3n) is 2.88. The van der Waals surface area contributed by atoms with Gasteiger partial charge in [-0.05, 0) is 30.4 Å². The minimum Gasteiger partial charge on any atom is -0.384 e. The second-order valence-corrected chi connectivity index (χ2v) is 4.67. The van der Waals surface area contributed by atoms with Crippen LogP contribution in [-0.2, 0) is 0 Å². The minimum atomic E-state index is -0.143. The van der Waals surface area contributed by atoms with Crippen LogP contribution in [0.2, 0.25) is 5.15 Å². The largest absolute Gasteiger partial charge is 0.384 e. The summed E-state index contributed by atoms with van der Waals surface area (Å²) in [5.41, 5.74) is 5.98. The van der Waals surface area contributed by atoms with Gasteiger partial charge < -0.3 is 11.1 Å². The number of aromatic nitrogens is 1. The van der Waals surface area contributed by atoms with E-state index in [-0.39, 0.29) is 16.9 Å². The lowest BCUT2D eigenvalue weighted by Gasteiger charge is -2.05. The number of nitrogens with zero attached hydrogens (tertiary/aromatic N) is 1. The van der Waals surface area contributed by atoms with Gasteiger partial charge in [0.1, 0.15) is 11.0 Å². The summed E-state index contributed by atoms with van der Waals surface area (Å²) in [7, 11) is 0. The molecule has 0 aromatic carbocycles. The number of nitrogens with two attached hydrogens (primary N) is 1. The number of hydrogen-bond acceptors (Lipinski definition) is 3. The molecular formula is C11H14ClN3O. The molecule has 1 amide bonds. The molecule has 0 saturated heterocycles. The van der Waals surface area contributed by atoms with Gasteiger partial charge in [-0.2, -0.15) is 0 Å². The molecule has 2 rings (SSSR count). The quantitative estimate of drug-likeness (QED) is 0.789. The van der Waals surface area contributed by atoms with Crippen molar-refractivity contribution in [3.8, 4) is 0 Å². The number of carbonyl (C=O) groups excluding carboxylic acids is 1. The van der Waals surface area contributed by atoms with Gasteiger partial charge in [-0.25, -0.2) is 4.98 Å². The Bertz CT molecular complexity index is 401. The fourth-order valence-corrected chi connectivity index (χ4v) is 1.87. The van der Waals surface area contributed by atoms with E-state index >= 15 is 0 Å². The number of anilines is 1. The lowest BCUT2D eigenvalue weighted by Crippen LogP contribution is -2.26. The molecular weight excluding hydrogens is 226 g/mol. The number of carbonyl (C=O) groups is 1. The van der Waals surface area contributed by atoms with Crippen LogP contribution >= 0.6 is 11.6 Å². The Kier molecular flexibility index (Phi) is 3.01. The molecule has 1 aromatic rings. The van der Waals surface area contributed by atoms with Gasteiger partial charge >= 0.3 is 0 Å². The highest BCUT2D eigenvalue weighted by atomic mass is 35.5.